The van der Waals surface area contributed by atoms with Gasteiger partial charge in [0.25, 0.3) is 5.91 Å². The lowest BCUT2D eigenvalue weighted by Crippen LogP contribution is -2.31. The molecule has 9 nitrogen and oxygen atoms in total. The summed E-state index contributed by atoms with van der Waals surface area (Å²) >= 11 is 0. The summed E-state index contributed by atoms with van der Waals surface area (Å²) in [6.45, 7) is -0.388. The smallest absolute Gasteiger partial charge is 0.281 e. The van der Waals surface area contributed by atoms with E-state index < -0.39 is 22.4 Å². The van der Waals surface area contributed by atoms with Crippen LogP contribution in [0, 0.1) is 0 Å². The fraction of sp³-hybridized carbons (Fsp3) is 0.333. The van der Waals surface area contributed by atoms with Crippen LogP contribution in [0.5, 0.6) is 0 Å². The third kappa shape index (κ3) is 4.47. The molecule has 0 atom stereocenters. The number of nitrogens with zero attached hydrogens (tertiary/aromatic N) is 5. The van der Waals surface area contributed by atoms with Crippen LogP contribution in [0.4, 0.5) is 10.1 Å². The van der Waals surface area contributed by atoms with Gasteiger partial charge in [0.15, 0.2) is 5.71 Å². The molecule has 3 aromatic rings. The number of aromatic nitrogens is 3. The molecule has 0 radical (unpaired) electrons. The van der Waals surface area contributed by atoms with Gasteiger partial charge in [-0.1, -0.05) is 17.3 Å². The van der Waals surface area contributed by atoms with Crippen LogP contribution in [0.3, 0.4) is 0 Å². The summed E-state index contributed by atoms with van der Waals surface area (Å²) in [5, 5.41) is 3.83. The van der Waals surface area contributed by atoms with Crippen molar-refractivity contribution in [3.63, 3.8) is 0 Å². The lowest BCUT2D eigenvalue weighted by Gasteiger charge is -2.17. The van der Waals surface area contributed by atoms with Crippen molar-refractivity contribution >= 4 is 38.2 Å². The second-order valence-corrected chi connectivity index (χ2v) is 9.66. The first-order valence-electron chi connectivity index (χ1n) is 10.0. The average Bonchev–Trinajstić information content (AvgIpc) is 3.24. The zero-order valence-electron chi connectivity index (χ0n) is 17.4. The van der Waals surface area contributed by atoms with E-state index in [2.05, 4.69) is 15.1 Å². The molecule has 1 aliphatic rings. The van der Waals surface area contributed by atoms with Gasteiger partial charge in [-0.3, -0.25) is 14.7 Å². The van der Waals surface area contributed by atoms with Crippen LogP contribution in [-0.2, 0) is 32.6 Å². The Bertz CT molecular complexity index is 1290. The first-order valence-corrected chi connectivity index (χ1v) is 12.1. The van der Waals surface area contributed by atoms with Crippen molar-refractivity contribution in [2.24, 2.45) is 5.16 Å². The monoisotopic (exact) mass is 459 g/mol. The molecule has 3 heterocycles. The zero-order valence-corrected chi connectivity index (χ0v) is 18.3. The highest BCUT2D eigenvalue weighted by Crippen LogP contribution is 2.30. The maximum atomic E-state index is 13.1. The maximum absolute atomic E-state index is 13.1. The molecule has 1 aromatic carbocycles. The van der Waals surface area contributed by atoms with Gasteiger partial charge in [0.05, 0.1) is 35.2 Å². The molecule has 1 aliphatic heterocycles. The number of alkyl halides is 1. The van der Waals surface area contributed by atoms with Gasteiger partial charge in [-0.05, 0) is 24.6 Å². The van der Waals surface area contributed by atoms with E-state index in [9.17, 15) is 17.6 Å². The molecule has 168 valence electrons. The minimum Gasteiger partial charge on any atom is -0.392 e. The molecule has 0 saturated heterocycles. The average molecular weight is 460 g/mol. The van der Waals surface area contributed by atoms with Crippen molar-refractivity contribution in [3.05, 3.63) is 54.1 Å². The Morgan fingerprint density at radius 1 is 1.22 bits per heavy atom. The molecule has 0 saturated carbocycles. The van der Waals surface area contributed by atoms with Gasteiger partial charge < -0.3 is 9.40 Å². The number of rotatable bonds is 9. The molecule has 11 heteroatoms. The molecule has 32 heavy (non-hydrogen) atoms. The number of sulfone groups is 1. The summed E-state index contributed by atoms with van der Waals surface area (Å²) in [5.41, 5.74) is 2.78. The molecule has 4 rings (SSSR count). The fourth-order valence-corrected chi connectivity index (χ4v) is 4.32. The highest BCUT2D eigenvalue weighted by molar-refractivity contribution is 7.90. The molecule has 2 aromatic heterocycles. The van der Waals surface area contributed by atoms with Crippen LogP contribution < -0.4 is 4.90 Å². The van der Waals surface area contributed by atoms with E-state index >= 15 is 0 Å². The SMILES string of the molecule is CS(=O)(=O)CCCn1c(CN2C(=O)/C(=N\OCCF)c3ccncc32)nc2ccccc21. The van der Waals surface area contributed by atoms with Crippen molar-refractivity contribution in [1.82, 2.24) is 14.5 Å². The third-order valence-corrected chi connectivity index (χ3v) is 6.08. The van der Waals surface area contributed by atoms with E-state index in [-0.39, 0.29) is 24.6 Å². The van der Waals surface area contributed by atoms with E-state index in [0.29, 0.717) is 30.0 Å². The Morgan fingerprint density at radius 3 is 2.81 bits per heavy atom. The number of halogens is 1. The quantitative estimate of drug-likeness (QED) is 0.358. The predicted molar refractivity (Wildman–Crippen MR) is 118 cm³/mol. The lowest BCUT2D eigenvalue weighted by atomic mass is 10.2. The van der Waals surface area contributed by atoms with Gasteiger partial charge >= 0.3 is 0 Å². The van der Waals surface area contributed by atoms with Crippen molar-refractivity contribution in [2.75, 3.05) is 30.2 Å². The van der Waals surface area contributed by atoms with Gasteiger partial charge in [-0.2, -0.15) is 0 Å². The molecular formula is C21H22FN5O4S. The molecule has 0 N–H and O–H groups in total. The molecule has 0 aliphatic carbocycles. The largest absolute Gasteiger partial charge is 0.392 e. The molecule has 0 spiro atoms. The van der Waals surface area contributed by atoms with E-state index in [1.807, 2.05) is 28.8 Å². The van der Waals surface area contributed by atoms with Crippen LogP contribution in [0.1, 0.15) is 17.8 Å². The minimum atomic E-state index is -3.10. The number of oxime groups is 1. The van der Waals surface area contributed by atoms with Crippen LogP contribution in [-0.4, -0.2) is 59.9 Å². The second kappa shape index (κ2) is 9.03. The predicted octanol–water partition coefficient (Wildman–Crippen LogP) is 2.10. The number of carbonyl (C=O) groups excluding carboxylic acids is 1. The molecular weight excluding hydrogens is 437 g/mol. The Kier molecular flexibility index (Phi) is 6.17. The van der Waals surface area contributed by atoms with E-state index in [4.69, 9.17) is 4.84 Å². The number of imidazole rings is 1. The first kappa shape index (κ1) is 21.9. The number of amides is 1. The number of anilines is 1. The Labute approximate surface area is 184 Å². The van der Waals surface area contributed by atoms with Gasteiger partial charge in [0, 0.05) is 24.6 Å². The topological polar surface area (TPSA) is 107 Å². The van der Waals surface area contributed by atoms with Crippen molar-refractivity contribution in [2.45, 2.75) is 19.5 Å². The van der Waals surface area contributed by atoms with Crippen molar-refractivity contribution < 1.29 is 22.4 Å². The summed E-state index contributed by atoms with van der Waals surface area (Å²) in [4.78, 5) is 28.3. The standard InChI is InChI=1S/C21H22FN5O4S/c1-32(29,30)12-4-10-26-17-6-3-2-5-16(17)24-19(26)14-27-18-13-23-9-7-15(18)20(21(27)28)25-31-11-8-22/h2-3,5-7,9,13H,4,8,10-12,14H2,1H3/b25-20-. The fourth-order valence-electron chi connectivity index (χ4n) is 3.67. The number of hydrogen-bond acceptors (Lipinski definition) is 7. The number of pyridine rings is 1. The summed E-state index contributed by atoms with van der Waals surface area (Å²) in [6.07, 6.45) is 4.73. The van der Waals surface area contributed by atoms with E-state index in [0.717, 1.165) is 11.0 Å². The van der Waals surface area contributed by atoms with Gasteiger partial charge in [-0.15, -0.1) is 0 Å². The number of benzene rings is 1. The summed E-state index contributed by atoms with van der Waals surface area (Å²) in [5.74, 6) is 0.257. The van der Waals surface area contributed by atoms with Gasteiger partial charge in [0.2, 0.25) is 0 Å². The number of hydrogen-bond donors (Lipinski definition) is 0. The number of aryl methyl sites for hydroxylation is 1. The highest BCUT2D eigenvalue weighted by atomic mass is 32.2. The van der Waals surface area contributed by atoms with Crippen LogP contribution in [0.2, 0.25) is 0 Å². The first-order chi connectivity index (χ1) is 15.4. The molecule has 0 bridgehead atoms. The summed E-state index contributed by atoms with van der Waals surface area (Å²) < 4.78 is 37.5. The Balaban J connectivity index is 1.68. The molecule has 1 amide bonds. The summed E-state index contributed by atoms with van der Waals surface area (Å²) in [6, 6.07) is 9.18. The number of fused-ring (bicyclic) bond motifs is 2. The van der Waals surface area contributed by atoms with Gasteiger partial charge in [0.1, 0.15) is 28.9 Å². The van der Waals surface area contributed by atoms with Crippen LogP contribution in [0.25, 0.3) is 11.0 Å². The zero-order chi connectivity index (χ0) is 22.7. The normalized spacial score (nSPS) is 15.0. The minimum absolute atomic E-state index is 0.0526. The lowest BCUT2D eigenvalue weighted by molar-refractivity contribution is -0.112. The molecule has 0 unspecified atom stereocenters. The van der Waals surface area contributed by atoms with Crippen LogP contribution in [0.15, 0.2) is 47.9 Å². The highest BCUT2D eigenvalue weighted by Gasteiger charge is 2.36. The third-order valence-electron chi connectivity index (χ3n) is 5.05. The number of para-hydroxylation sites is 2. The van der Waals surface area contributed by atoms with E-state index in [1.165, 1.54) is 11.2 Å². The Morgan fingerprint density at radius 2 is 2.03 bits per heavy atom. The maximum Gasteiger partial charge on any atom is 0.281 e. The van der Waals surface area contributed by atoms with E-state index in [1.54, 1.807) is 18.5 Å². The van der Waals surface area contributed by atoms with Crippen molar-refractivity contribution in [1.29, 1.82) is 0 Å². The van der Waals surface area contributed by atoms with Gasteiger partial charge in [-0.25, -0.2) is 17.8 Å². The Hall–Kier alpha value is -3.34. The van der Waals surface area contributed by atoms with Crippen molar-refractivity contribution in [3.8, 4) is 0 Å². The van der Waals surface area contributed by atoms with Crippen LogP contribution >= 0.6 is 0 Å². The number of carbonyl (C=O) groups is 1. The summed E-state index contributed by atoms with van der Waals surface area (Å²) in [7, 11) is -3.10. The second-order valence-electron chi connectivity index (χ2n) is 7.40. The molecule has 0 fully saturated rings.